The molecule has 3 aromatic heterocycles. The number of aromatic nitrogens is 4. The van der Waals surface area contributed by atoms with Crippen molar-refractivity contribution in [1.29, 1.82) is 10.5 Å². The van der Waals surface area contributed by atoms with Gasteiger partial charge in [0.2, 0.25) is 11.8 Å². The summed E-state index contributed by atoms with van der Waals surface area (Å²) >= 11 is 0. The van der Waals surface area contributed by atoms with E-state index in [-0.39, 0.29) is 23.3 Å². The highest BCUT2D eigenvalue weighted by molar-refractivity contribution is 6.04. The minimum Gasteiger partial charge on any atom is -0.480 e. The second kappa shape index (κ2) is 6.53. The number of hydrogen-bond donors (Lipinski definition) is 0. The summed E-state index contributed by atoms with van der Waals surface area (Å²) in [4.78, 5) is 23.8. The molecule has 9 heteroatoms. The largest absolute Gasteiger partial charge is 0.480 e. The maximum atomic E-state index is 13.3. The number of fused-ring (bicyclic) bond motifs is 1. The zero-order chi connectivity index (χ0) is 20.9. The Bertz CT molecular complexity index is 1260. The molecule has 0 spiro atoms. The first-order valence-electron chi connectivity index (χ1n) is 9.63. The Morgan fingerprint density at radius 3 is 2.87 bits per heavy atom. The molecule has 0 N–H and O–H groups in total. The molecule has 0 aromatic carbocycles. The number of methoxy groups -OCH3 is 1. The molecule has 4 heterocycles. The van der Waals surface area contributed by atoms with Crippen LogP contribution in [0.25, 0.3) is 16.8 Å². The summed E-state index contributed by atoms with van der Waals surface area (Å²) in [6, 6.07) is 7.80. The summed E-state index contributed by atoms with van der Waals surface area (Å²) < 4.78 is 6.76. The number of anilines is 1. The van der Waals surface area contributed by atoms with Gasteiger partial charge in [0.1, 0.15) is 22.6 Å². The van der Waals surface area contributed by atoms with Gasteiger partial charge in [-0.15, -0.1) is 0 Å². The molecule has 5 rings (SSSR count). The molecule has 1 atom stereocenters. The third-order valence-electron chi connectivity index (χ3n) is 5.92. The monoisotopic (exact) mass is 399 g/mol. The first-order valence-corrected chi connectivity index (χ1v) is 9.63. The molecule has 1 aliphatic carbocycles. The summed E-state index contributed by atoms with van der Waals surface area (Å²) in [5, 5.41) is 23.5. The number of amides is 1. The fourth-order valence-electron chi connectivity index (χ4n) is 4.17. The molecule has 0 radical (unpaired) electrons. The zero-order valence-electron chi connectivity index (χ0n) is 16.2. The Kier molecular flexibility index (Phi) is 3.93. The molecule has 1 amide bonds. The lowest BCUT2D eigenvalue weighted by atomic mass is 9.83. The van der Waals surface area contributed by atoms with E-state index in [0.29, 0.717) is 35.6 Å². The Hall–Kier alpha value is -3.98. The Labute approximate surface area is 172 Å². The number of pyridine rings is 1. The summed E-state index contributed by atoms with van der Waals surface area (Å²) in [7, 11) is 1.45. The van der Waals surface area contributed by atoms with Gasteiger partial charge in [0.15, 0.2) is 5.82 Å². The Balaban J connectivity index is 1.63. The van der Waals surface area contributed by atoms with Crippen LogP contribution in [-0.2, 0) is 4.79 Å². The predicted molar refractivity (Wildman–Crippen MR) is 105 cm³/mol. The number of nitriles is 2. The fraction of sp³-hybridized carbons (Fsp3) is 0.333. The zero-order valence-corrected chi connectivity index (χ0v) is 16.2. The first kappa shape index (κ1) is 18.1. The van der Waals surface area contributed by atoms with Crippen LogP contribution in [0.3, 0.4) is 0 Å². The molecule has 2 fully saturated rings. The van der Waals surface area contributed by atoms with Gasteiger partial charge in [-0.25, -0.2) is 14.5 Å². The van der Waals surface area contributed by atoms with Gasteiger partial charge < -0.3 is 4.74 Å². The van der Waals surface area contributed by atoms with Crippen molar-refractivity contribution < 1.29 is 9.53 Å². The quantitative estimate of drug-likeness (QED) is 0.660. The maximum Gasteiger partial charge on any atom is 0.249 e. The van der Waals surface area contributed by atoms with Crippen molar-refractivity contribution in [3.8, 4) is 29.3 Å². The van der Waals surface area contributed by atoms with Crippen LogP contribution in [0.2, 0.25) is 0 Å². The lowest BCUT2D eigenvalue weighted by Crippen LogP contribution is -2.36. The van der Waals surface area contributed by atoms with E-state index in [2.05, 4.69) is 22.2 Å². The second-order valence-corrected chi connectivity index (χ2v) is 7.57. The topological polar surface area (TPSA) is 120 Å². The highest BCUT2D eigenvalue weighted by Gasteiger charge is 2.57. The normalized spacial score (nSPS) is 20.9. The van der Waals surface area contributed by atoms with Crippen LogP contribution < -0.4 is 9.64 Å². The van der Waals surface area contributed by atoms with Gasteiger partial charge in [-0.1, -0.05) is 0 Å². The van der Waals surface area contributed by atoms with Crippen LogP contribution in [-0.4, -0.2) is 39.1 Å². The Morgan fingerprint density at radius 1 is 1.33 bits per heavy atom. The number of rotatable bonds is 4. The minimum absolute atomic E-state index is 0.132. The third-order valence-corrected chi connectivity index (χ3v) is 5.92. The van der Waals surface area contributed by atoms with Crippen LogP contribution in [0.5, 0.6) is 5.88 Å². The molecule has 1 saturated carbocycles. The van der Waals surface area contributed by atoms with Crippen molar-refractivity contribution in [3.05, 3.63) is 36.3 Å². The van der Waals surface area contributed by atoms with Crippen molar-refractivity contribution in [2.24, 2.45) is 11.3 Å². The number of carbonyl (C=O) groups is 1. The fourth-order valence-corrected chi connectivity index (χ4v) is 4.17. The molecule has 30 heavy (non-hydrogen) atoms. The van der Waals surface area contributed by atoms with E-state index in [1.807, 2.05) is 0 Å². The highest BCUT2D eigenvalue weighted by Crippen LogP contribution is 2.52. The van der Waals surface area contributed by atoms with Crippen LogP contribution in [0.4, 0.5) is 5.82 Å². The number of hydrogen-bond acceptors (Lipinski definition) is 7. The predicted octanol–water partition coefficient (Wildman–Crippen LogP) is 2.33. The molecule has 2 aliphatic rings. The van der Waals surface area contributed by atoms with Crippen molar-refractivity contribution in [2.45, 2.75) is 19.3 Å². The van der Waals surface area contributed by atoms with Gasteiger partial charge in [-0.2, -0.15) is 15.6 Å². The van der Waals surface area contributed by atoms with E-state index in [1.54, 1.807) is 40.1 Å². The average molecular weight is 399 g/mol. The third kappa shape index (κ3) is 2.52. The van der Waals surface area contributed by atoms with Crippen LogP contribution in [0.15, 0.2) is 30.7 Å². The molecule has 0 unspecified atom stereocenters. The van der Waals surface area contributed by atoms with Crippen LogP contribution in [0, 0.1) is 34.0 Å². The van der Waals surface area contributed by atoms with Crippen molar-refractivity contribution in [1.82, 2.24) is 19.6 Å². The summed E-state index contributed by atoms with van der Waals surface area (Å²) in [5.41, 5.74) is 1.13. The molecule has 148 valence electrons. The standard InChI is InChI=1S/C21H17N7O2/c1-30-19-13(9-22)8-14(10-24-19)16-11-28-17(4-6-25-28)18(26-16)27-7-5-21(12-23,20(27)29)15-2-3-15/h4,6,8,10-11,15H,2-3,5,7H2,1H3/t21-/m1/s1. The summed E-state index contributed by atoms with van der Waals surface area (Å²) in [6.07, 6.45) is 7.26. The van der Waals surface area contributed by atoms with E-state index in [9.17, 15) is 15.3 Å². The van der Waals surface area contributed by atoms with Gasteiger partial charge in [-0.3, -0.25) is 9.69 Å². The van der Waals surface area contributed by atoms with Crippen molar-refractivity contribution >= 4 is 17.2 Å². The first-order chi connectivity index (χ1) is 14.6. The minimum atomic E-state index is -0.954. The van der Waals surface area contributed by atoms with E-state index >= 15 is 0 Å². The van der Waals surface area contributed by atoms with Gasteiger partial charge in [0.05, 0.1) is 31.3 Å². The highest BCUT2D eigenvalue weighted by atomic mass is 16.5. The smallest absolute Gasteiger partial charge is 0.249 e. The van der Waals surface area contributed by atoms with Crippen molar-refractivity contribution in [2.75, 3.05) is 18.6 Å². The maximum absolute atomic E-state index is 13.3. The molecule has 9 nitrogen and oxygen atoms in total. The van der Waals surface area contributed by atoms with Gasteiger partial charge in [0.25, 0.3) is 0 Å². The average Bonchev–Trinajstić information content (AvgIpc) is 3.43. The number of nitrogens with zero attached hydrogens (tertiary/aromatic N) is 7. The molecule has 0 bridgehead atoms. The van der Waals surface area contributed by atoms with E-state index < -0.39 is 5.41 Å². The molecule has 1 saturated heterocycles. The SMILES string of the molecule is COc1ncc(-c2cn3nccc3c(N3CC[C@@](C#N)(C4CC4)C3=O)n2)cc1C#N. The van der Waals surface area contributed by atoms with Gasteiger partial charge in [-0.05, 0) is 37.3 Å². The van der Waals surface area contributed by atoms with Gasteiger partial charge >= 0.3 is 0 Å². The number of carbonyl (C=O) groups excluding carboxylic acids is 1. The van der Waals surface area contributed by atoms with E-state index in [4.69, 9.17) is 9.72 Å². The van der Waals surface area contributed by atoms with Gasteiger partial charge in [0, 0.05) is 18.3 Å². The number of ether oxygens (including phenoxy) is 1. The molecular weight excluding hydrogens is 382 g/mol. The molecule has 3 aromatic rings. The summed E-state index contributed by atoms with van der Waals surface area (Å²) in [6.45, 7) is 0.435. The molecule has 1 aliphatic heterocycles. The van der Waals surface area contributed by atoms with Crippen LogP contribution >= 0.6 is 0 Å². The van der Waals surface area contributed by atoms with E-state index in [0.717, 1.165) is 12.8 Å². The van der Waals surface area contributed by atoms with E-state index in [1.165, 1.54) is 7.11 Å². The lowest BCUT2D eigenvalue weighted by Gasteiger charge is -2.21. The van der Waals surface area contributed by atoms with Crippen LogP contribution in [0.1, 0.15) is 24.8 Å². The Morgan fingerprint density at radius 2 is 2.17 bits per heavy atom. The molecular formula is C21H17N7O2. The second-order valence-electron chi connectivity index (χ2n) is 7.57. The summed E-state index contributed by atoms with van der Waals surface area (Å²) in [5.74, 6) is 0.639. The van der Waals surface area contributed by atoms with Crippen molar-refractivity contribution in [3.63, 3.8) is 0 Å². The lowest BCUT2D eigenvalue weighted by molar-refractivity contribution is -0.123.